The zero-order valence-electron chi connectivity index (χ0n) is 23.8. The Hall–Kier alpha value is -4.01. The van der Waals surface area contributed by atoms with Crippen LogP contribution in [0.2, 0.25) is 0 Å². The van der Waals surface area contributed by atoms with Crippen molar-refractivity contribution in [2.24, 2.45) is 22.9 Å². The fourth-order valence-corrected chi connectivity index (χ4v) is 4.52. The van der Waals surface area contributed by atoms with Gasteiger partial charge >= 0.3 is 5.97 Å². The summed E-state index contributed by atoms with van der Waals surface area (Å²) >= 11 is 0. The van der Waals surface area contributed by atoms with Crippen molar-refractivity contribution in [1.82, 2.24) is 20.9 Å². The van der Waals surface area contributed by atoms with Crippen molar-refractivity contribution in [2.75, 3.05) is 13.1 Å². The van der Waals surface area contributed by atoms with E-state index in [1.807, 2.05) is 24.3 Å². The SMILES string of the molecule is NCCCCC(NC(=O)C(CCCCN)NC(=O)C(CCC(N)=O)NC(=O)C(N)Cc1c[nH]c2ccccc12)C(=O)O. The summed E-state index contributed by atoms with van der Waals surface area (Å²) < 4.78 is 0. The van der Waals surface area contributed by atoms with Crippen molar-refractivity contribution in [3.63, 3.8) is 0 Å². The molecule has 14 heteroatoms. The number of hydrogen-bond donors (Lipinski definition) is 9. The summed E-state index contributed by atoms with van der Waals surface area (Å²) in [7, 11) is 0. The van der Waals surface area contributed by atoms with Crippen LogP contribution in [0.15, 0.2) is 30.5 Å². The highest BCUT2D eigenvalue weighted by atomic mass is 16.4. The Morgan fingerprint density at radius 3 is 1.93 bits per heavy atom. The smallest absolute Gasteiger partial charge is 0.326 e. The first kappa shape index (κ1) is 34.2. The fraction of sp³-hybridized carbons (Fsp3) is 0.536. The molecule has 0 saturated heterocycles. The number of fused-ring (bicyclic) bond motifs is 1. The number of hydrogen-bond acceptors (Lipinski definition) is 8. The number of nitrogens with two attached hydrogens (primary N) is 4. The van der Waals surface area contributed by atoms with Gasteiger partial charge in [-0.1, -0.05) is 18.2 Å². The Morgan fingerprint density at radius 2 is 1.33 bits per heavy atom. The predicted molar refractivity (Wildman–Crippen MR) is 158 cm³/mol. The molecule has 1 aromatic heterocycles. The number of carbonyl (C=O) groups is 5. The molecule has 0 bridgehead atoms. The molecule has 4 amide bonds. The minimum absolute atomic E-state index is 0.124. The molecule has 13 N–H and O–H groups in total. The van der Waals surface area contributed by atoms with E-state index in [0.29, 0.717) is 38.8 Å². The van der Waals surface area contributed by atoms with E-state index in [2.05, 4.69) is 20.9 Å². The highest BCUT2D eigenvalue weighted by Crippen LogP contribution is 2.19. The first-order valence-corrected chi connectivity index (χ1v) is 14.2. The van der Waals surface area contributed by atoms with Crippen LogP contribution in [-0.4, -0.2) is 76.9 Å². The Labute approximate surface area is 244 Å². The number of primary amides is 1. The van der Waals surface area contributed by atoms with Crippen LogP contribution in [0.4, 0.5) is 0 Å². The van der Waals surface area contributed by atoms with E-state index in [9.17, 15) is 29.1 Å². The van der Waals surface area contributed by atoms with Crippen molar-refractivity contribution in [3.8, 4) is 0 Å². The number of carbonyl (C=O) groups excluding carboxylic acids is 4. The lowest BCUT2D eigenvalue weighted by molar-refractivity contribution is -0.142. The molecule has 2 rings (SSSR count). The molecule has 0 aliphatic heterocycles. The summed E-state index contributed by atoms with van der Waals surface area (Å²) in [5.74, 6) is -3.92. The van der Waals surface area contributed by atoms with Gasteiger partial charge in [0.25, 0.3) is 0 Å². The van der Waals surface area contributed by atoms with E-state index in [1.165, 1.54) is 0 Å². The average Bonchev–Trinajstić information content (AvgIpc) is 3.36. The minimum atomic E-state index is -1.22. The standard InChI is InChI=1S/C28H44N8O6/c29-13-5-3-9-21(26(39)36-23(28(41)42)10-4-6-14-30)35-27(40)22(11-12-24(32)37)34-25(38)19(31)15-17-16-33-20-8-2-1-7-18(17)20/h1-2,7-8,16,19,21-23,33H,3-6,9-15,29-31H2,(H2,32,37)(H,34,38)(H,35,40)(H,36,39)(H,41,42). The van der Waals surface area contributed by atoms with Gasteiger partial charge < -0.3 is 49.0 Å². The lowest BCUT2D eigenvalue weighted by Gasteiger charge is -2.25. The van der Waals surface area contributed by atoms with E-state index in [4.69, 9.17) is 22.9 Å². The highest BCUT2D eigenvalue weighted by molar-refractivity contribution is 5.94. The van der Waals surface area contributed by atoms with Crippen LogP contribution in [0.25, 0.3) is 10.9 Å². The Kier molecular flexibility index (Phi) is 14.4. The van der Waals surface area contributed by atoms with Crippen LogP contribution < -0.4 is 38.9 Å². The first-order chi connectivity index (χ1) is 20.1. The molecule has 0 aliphatic carbocycles. The molecule has 0 radical (unpaired) electrons. The molecule has 4 atom stereocenters. The van der Waals surface area contributed by atoms with E-state index < -0.39 is 53.8 Å². The van der Waals surface area contributed by atoms with Crippen molar-refractivity contribution in [2.45, 2.75) is 82.0 Å². The quantitative estimate of drug-likeness (QED) is 0.0866. The fourth-order valence-electron chi connectivity index (χ4n) is 4.52. The van der Waals surface area contributed by atoms with Crippen LogP contribution >= 0.6 is 0 Å². The number of nitrogens with one attached hydrogen (secondary N) is 4. The third kappa shape index (κ3) is 11.1. The number of aromatic nitrogens is 1. The van der Waals surface area contributed by atoms with Crippen molar-refractivity contribution in [1.29, 1.82) is 0 Å². The molecule has 1 aromatic carbocycles. The summed E-state index contributed by atoms with van der Waals surface area (Å²) in [5.41, 5.74) is 24.2. The maximum Gasteiger partial charge on any atom is 0.326 e. The molecule has 42 heavy (non-hydrogen) atoms. The topological polar surface area (TPSA) is 262 Å². The molecule has 232 valence electrons. The minimum Gasteiger partial charge on any atom is -0.480 e. The van der Waals surface area contributed by atoms with Crippen LogP contribution in [0.1, 0.15) is 56.9 Å². The van der Waals surface area contributed by atoms with E-state index in [-0.39, 0.29) is 32.1 Å². The number of amides is 4. The van der Waals surface area contributed by atoms with Crippen LogP contribution in [0.5, 0.6) is 0 Å². The summed E-state index contributed by atoms with van der Waals surface area (Å²) in [4.78, 5) is 65.8. The summed E-state index contributed by atoms with van der Waals surface area (Å²) in [6.45, 7) is 0.757. The Morgan fingerprint density at radius 1 is 0.786 bits per heavy atom. The molecule has 14 nitrogen and oxygen atoms in total. The zero-order chi connectivity index (χ0) is 31.1. The van der Waals surface area contributed by atoms with Crippen LogP contribution in [0, 0.1) is 0 Å². The number of aliphatic carboxylic acids is 1. The Balaban J connectivity index is 2.14. The second kappa shape index (κ2) is 17.7. The number of rotatable bonds is 20. The van der Waals surface area contributed by atoms with Gasteiger partial charge in [0.1, 0.15) is 18.1 Å². The molecular weight excluding hydrogens is 544 g/mol. The van der Waals surface area contributed by atoms with Crippen molar-refractivity contribution < 1.29 is 29.1 Å². The summed E-state index contributed by atoms with van der Waals surface area (Å²) in [6.07, 6.45) is 4.12. The Bertz CT molecular complexity index is 1200. The van der Waals surface area contributed by atoms with Gasteiger partial charge in [0.15, 0.2) is 0 Å². The van der Waals surface area contributed by atoms with Crippen LogP contribution in [-0.2, 0) is 30.4 Å². The third-order valence-corrected chi connectivity index (χ3v) is 6.91. The third-order valence-electron chi connectivity index (χ3n) is 6.91. The van der Waals surface area contributed by atoms with Gasteiger partial charge in [0.2, 0.25) is 23.6 Å². The van der Waals surface area contributed by atoms with Gasteiger partial charge in [-0.15, -0.1) is 0 Å². The molecule has 0 spiro atoms. The maximum absolute atomic E-state index is 13.3. The van der Waals surface area contributed by atoms with E-state index in [1.54, 1.807) is 6.20 Å². The number of H-pyrrole nitrogens is 1. The van der Waals surface area contributed by atoms with Gasteiger partial charge in [-0.3, -0.25) is 19.2 Å². The van der Waals surface area contributed by atoms with Gasteiger partial charge in [-0.2, -0.15) is 0 Å². The number of benzene rings is 1. The summed E-state index contributed by atoms with van der Waals surface area (Å²) in [6, 6.07) is 3.05. The van der Waals surface area contributed by atoms with Crippen molar-refractivity contribution >= 4 is 40.5 Å². The number of aromatic amines is 1. The van der Waals surface area contributed by atoms with Crippen molar-refractivity contribution in [3.05, 3.63) is 36.0 Å². The normalized spacial score (nSPS) is 14.0. The molecule has 0 fully saturated rings. The van der Waals surface area contributed by atoms with Gasteiger partial charge in [-0.25, -0.2) is 4.79 Å². The van der Waals surface area contributed by atoms with Crippen LogP contribution in [0.3, 0.4) is 0 Å². The second-order valence-corrected chi connectivity index (χ2v) is 10.3. The molecular formula is C28H44N8O6. The van der Waals surface area contributed by atoms with E-state index in [0.717, 1.165) is 16.5 Å². The molecule has 0 saturated carbocycles. The monoisotopic (exact) mass is 588 g/mol. The molecule has 2 aromatic rings. The largest absolute Gasteiger partial charge is 0.480 e. The lowest BCUT2D eigenvalue weighted by Crippen LogP contribution is -2.57. The first-order valence-electron chi connectivity index (χ1n) is 14.2. The van der Waals surface area contributed by atoms with Gasteiger partial charge in [0, 0.05) is 23.5 Å². The molecule has 0 aliphatic rings. The second-order valence-electron chi connectivity index (χ2n) is 10.3. The maximum atomic E-state index is 13.3. The van der Waals surface area contributed by atoms with Gasteiger partial charge in [-0.05, 0) is 76.1 Å². The zero-order valence-corrected chi connectivity index (χ0v) is 23.8. The lowest BCUT2D eigenvalue weighted by atomic mass is 10.0. The predicted octanol–water partition coefficient (Wildman–Crippen LogP) is -0.900. The molecule has 4 unspecified atom stereocenters. The number of carboxylic acids is 1. The number of carboxylic acid groups (broad SMARTS) is 1. The van der Waals surface area contributed by atoms with Gasteiger partial charge in [0.05, 0.1) is 6.04 Å². The number of para-hydroxylation sites is 1. The average molecular weight is 589 g/mol. The highest BCUT2D eigenvalue weighted by Gasteiger charge is 2.30. The number of unbranched alkanes of at least 4 members (excludes halogenated alkanes) is 2. The molecule has 1 heterocycles. The van der Waals surface area contributed by atoms with E-state index >= 15 is 0 Å². The summed E-state index contributed by atoms with van der Waals surface area (Å²) in [5, 5.41) is 18.1.